The van der Waals surface area contributed by atoms with E-state index in [4.69, 9.17) is 5.73 Å². The molecule has 1 aliphatic heterocycles. The number of hydrogen-bond acceptors (Lipinski definition) is 3. The Kier molecular flexibility index (Phi) is 5.91. The van der Waals surface area contributed by atoms with Crippen LogP contribution in [0.3, 0.4) is 0 Å². The minimum Gasteiger partial charge on any atom is -0.348 e. The van der Waals surface area contributed by atoms with Gasteiger partial charge in [0.15, 0.2) is 0 Å². The molecule has 1 heterocycles. The molecule has 0 bridgehead atoms. The predicted molar refractivity (Wildman–Crippen MR) is 108 cm³/mol. The fourth-order valence-corrected chi connectivity index (χ4v) is 3.46. The van der Waals surface area contributed by atoms with Crippen molar-refractivity contribution in [2.75, 3.05) is 11.9 Å². The minimum absolute atomic E-state index is 0.000969. The van der Waals surface area contributed by atoms with E-state index in [9.17, 15) is 9.59 Å². The van der Waals surface area contributed by atoms with Crippen LogP contribution in [0.25, 0.3) is 11.1 Å². The molecule has 0 aromatic heterocycles. The van der Waals surface area contributed by atoms with Crippen molar-refractivity contribution in [3.05, 3.63) is 53.1 Å². The molecule has 142 valence electrons. The van der Waals surface area contributed by atoms with Crippen LogP contribution in [0.4, 0.5) is 5.69 Å². The molecule has 1 saturated carbocycles. The summed E-state index contributed by atoms with van der Waals surface area (Å²) in [5, 5.41) is 5.63. The Hall–Kier alpha value is -2.66. The van der Waals surface area contributed by atoms with Gasteiger partial charge >= 0.3 is 0 Å². The second-order valence-corrected chi connectivity index (χ2v) is 7.30. The molecule has 0 saturated heterocycles. The highest BCUT2D eigenvalue weighted by Crippen LogP contribution is 2.29. The number of nitrogens with one attached hydrogen (secondary N) is 2. The van der Waals surface area contributed by atoms with Crippen molar-refractivity contribution >= 4 is 17.5 Å². The van der Waals surface area contributed by atoms with Crippen LogP contribution in [0.2, 0.25) is 0 Å². The molecule has 2 aromatic rings. The van der Waals surface area contributed by atoms with E-state index in [1.54, 1.807) is 0 Å². The number of aryl methyl sites for hydroxylation is 1. The number of carbonyl (C=O) groups is 2. The largest absolute Gasteiger partial charge is 0.348 e. The highest BCUT2D eigenvalue weighted by atomic mass is 16.2. The zero-order valence-corrected chi connectivity index (χ0v) is 16.0. The molecule has 2 aromatic carbocycles. The van der Waals surface area contributed by atoms with Crippen molar-refractivity contribution in [3.63, 3.8) is 0 Å². The van der Waals surface area contributed by atoms with Gasteiger partial charge in [0.1, 0.15) is 0 Å². The smallest absolute Gasteiger partial charge is 0.252 e. The molecule has 1 aliphatic carbocycles. The predicted octanol–water partition coefficient (Wildman–Crippen LogP) is 3.61. The lowest BCUT2D eigenvalue weighted by Gasteiger charge is -2.22. The van der Waals surface area contributed by atoms with Crippen LogP contribution < -0.4 is 16.4 Å². The Morgan fingerprint density at radius 3 is 2.59 bits per heavy atom. The Morgan fingerprint density at radius 2 is 2.00 bits per heavy atom. The van der Waals surface area contributed by atoms with Gasteiger partial charge in [-0.05, 0) is 72.7 Å². The number of benzene rings is 2. The lowest BCUT2D eigenvalue weighted by molar-refractivity contribution is -0.114. The van der Waals surface area contributed by atoms with Gasteiger partial charge < -0.3 is 16.4 Å². The summed E-state index contributed by atoms with van der Waals surface area (Å²) in [6.45, 7) is 4.93. The topological polar surface area (TPSA) is 84.2 Å². The Labute approximate surface area is 160 Å². The van der Waals surface area contributed by atoms with E-state index in [2.05, 4.69) is 10.6 Å². The van der Waals surface area contributed by atoms with E-state index in [-0.39, 0.29) is 11.8 Å². The molecule has 2 aliphatic rings. The van der Waals surface area contributed by atoms with E-state index >= 15 is 0 Å². The van der Waals surface area contributed by atoms with Crippen LogP contribution in [0.1, 0.15) is 47.7 Å². The highest BCUT2D eigenvalue weighted by molar-refractivity contribution is 6.00. The van der Waals surface area contributed by atoms with Crippen molar-refractivity contribution in [3.8, 4) is 11.1 Å². The van der Waals surface area contributed by atoms with Crippen molar-refractivity contribution in [1.29, 1.82) is 0 Å². The molecule has 5 heteroatoms. The average Bonchev–Trinajstić information content (AvgIpc) is 2.96. The summed E-state index contributed by atoms with van der Waals surface area (Å²) in [5.74, 6) is 0.804. The average molecular weight is 365 g/mol. The third-order valence-corrected chi connectivity index (χ3v) is 5.16. The fourth-order valence-electron chi connectivity index (χ4n) is 3.46. The first kappa shape index (κ1) is 19.1. The zero-order chi connectivity index (χ0) is 19.4. The highest BCUT2D eigenvalue weighted by Gasteiger charge is 2.21. The molecule has 0 spiro atoms. The molecule has 0 unspecified atom stereocenters. The van der Waals surface area contributed by atoms with Crippen molar-refractivity contribution in [2.24, 2.45) is 11.7 Å². The summed E-state index contributed by atoms with van der Waals surface area (Å²) < 4.78 is 0. The maximum atomic E-state index is 11.8. The van der Waals surface area contributed by atoms with Gasteiger partial charge in [0.05, 0.1) is 0 Å². The number of anilines is 1. The van der Waals surface area contributed by atoms with Crippen molar-refractivity contribution in [2.45, 2.75) is 39.7 Å². The molecule has 4 rings (SSSR count). The zero-order valence-electron chi connectivity index (χ0n) is 16.0. The normalized spacial score (nSPS) is 15.1. The lowest BCUT2D eigenvalue weighted by atomic mass is 9.86. The number of carbonyl (C=O) groups excluding carboxylic acids is 2. The Balaban J connectivity index is 0.000000299. The van der Waals surface area contributed by atoms with Gasteiger partial charge in [0.2, 0.25) is 5.91 Å². The van der Waals surface area contributed by atoms with Crippen LogP contribution in [0, 0.1) is 12.8 Å². The van der Waals surface area contributed by atoms with Crippen LogP contribution in [0.5, 0.6) is 0 Å². The first-order chi connectivity index (χ1) is 13.0. The van der Waals surface area contributed by atoms with Gasteiger partial charge in [-0.15, -0.1) is 0 Å². The maximum absolute atomic E-state index is 11.8. The molecule has 1 fully saturated rings. The number of hydrogen-bond donors (Lipinski definition) is 3. The Morgan fingerprint density at radius 1 is 1.22 bits per heavy atom. The van der Waals surface area contributed by atoms with Gasteiger partial charge in [-0.2, -0.15) is 0 Å². The standard InChI is InChI=1S/C17H16N2O2.C5H11N/c1-10-6-13(7-14-9-18-17(21)16(10)14)12-4-3-5-15(8-12)19-11(2)20;6-4-5-2-1-3-5/h3-8H,9H2,1-2H3,(H,18,21)(H,19,20);5H,1-4,6H2. The SMILES string of the molecule is CC(=O)Nc1cccc(-c2cc(C)c3c(c2)CNC3=O)c1.NCC1CCC1. The summed E-state index contributed by atoms with van der Waals surface area (Å²) >= 11 is 0. The van der Waals surface area contributed by atoms with E-state index in [1.165, 1.54) is 26.2 Å². The van der Waals surface area contributed by atoms with E-state index in [0.717, 1.165) is 46.0 Å². The quantitative estimate of drug-likeness (QED) is 0.777. The third-order valence-electron chi connectivity index (χ3n) is 5.16. The summed E-state index contributed by atoms with van der Waals surface area (Å²) in [6.07, 6.45) is 4.19. The van der Waals surface area contributed by atoms with Crippen molar-refractivity contribution in [1.82, 2.24) is 5.32 Å². The maximum Gasteiger partial charge on any atom is 0.252 e. The third kappa shape index (κ3) is 4.55. The van der Waals surface area contributed by atoms with Crippen LogP contribution >= 0.6 is 0 Å². The number of rotatable bonds is 3. The first-order valence-electron chi connectivity index (χ1n) is 9.47. The summed E-state index contributed by atoms with van der Waals surface area (Å²) in [6, 6.07) is 11.7. The van der Waals surface area contributed by atoms with Gasteiger partial charge in [-0.1, -0.05) is 24.6 Å². The van der Waals surface area contributed by atoms with E-state index < -0.39 is 0 Å². The van der Waals surface area contributed by atoms with Gasteiger partial charge in [0.25, 0.3) is 5.91 Å². The second-order valence-electron chi connectivity index (χ2n) is 7.30. The van der Waals surface area contributed by atoms with Crippen LogP contribution in [-0.4, -0.2) is 18.4 Å². The van der Waals surface area contributed by atoms with Crippen LogP contribution in [-0.2, 0) is 11.3 Å². The Bertz CT molecular complexity index is 854. The van der Waals surface area contributed by atoms with E-state index in [0.29, 0.717) is 6.54 Å². The molecule has 27 heavy (non-hydrogen) atoms. The molecular formula is C22H27N3O2. The monoisotopic (exact) mass is 365 g/mol. The number of nitrogens with two attached hydrogens (primary N) is 1. The summed E-state index contributed by atoms with van der Waals surface area (Å²) in [4.78, 5) is 22.9. The van der Waals surface area contributed by atoms with Gasteiger partial charge in [-0.25, -0.2) is 0 Å². The number of fused-ring (bicyclic) bond motifs is 1. The lowest BCUT2D eigenvalue weighted by Crippen LogP contribution is -2.20. The number of amides is 2. The first-order valence-corrected chi connectivity index (χ1v) is 9.47. The summed E-state index contributed by atoms with van der Waals surface area (Å²) in [5.41, 5.74) is 11.0. The second kappa shape index (κ2) is 8.35. The molecular weight excluding hydrogens is 338 g/mol. The molecule has 5 nitrogen and oxygen atoms in total. The summed E-state index contributed by atoms with van der Waals surface area (Å²) in [7, 11) is 0. The van der Waals surface area contributed by atoms with Gasteiger partial charge in [-0.3, -0.25) is 9.59 Å². The fraction of sp³-hybridized carbons (Fsp3) is 0.364. The molecule has 4 N–H and O–H groups in total. The van der Waals surface area contributed by atoms with E-state index in [1.807, 2.05) is 43.3 Å². The molecule has 2 amide bonds. The molecule has 0 atom stereocenters. The minimum atomic E-state index is -0.0907. The van der Waals surface area contributed by atoms with Gasteiger partial charge in [0, 0.05) is 24.7 Å². The van der Waals surface area contributed by atoms with Crippen LogP contribution in [0.15, 0.2) is 36.4 Å². The van der Waals surface area contributed by atoms with Crippen molar-refractivity contribution < 1.29 is 9.59 Å². The molecule has 0 radical (unpaired) electrons.